The highest BCUT2D eigenvalue weighted by molar-refractivity contribution is 5.85. The third-order valence-electron chi connectivity index (χ3n) is 2.81. The van der Waals surface area contributed by atoms with Gasteiger partial charge in [0, 0.05) is 19.1 Å². The van der Waals surface area contributed by atoms with Gasteiger partial charge in [0.05, 0.1) is 6.54 Å². The number of hydrogen-bond donors (Lipinski definition) is 2. The average molecular weight is 248 g/mol. The van der Waals surface area contributed by atoms with Gasteiger partial charge in [-0.15, -0.1) is 19.0 Å². The van der Waals surface area contributed by atoms with Crippen LogP contribution in [0.3, 0.4) is 0 Å². The molecule has 1 atom stereocenters. The Labute approximate surface area is 104 Å². The lowest BCUT2D eigenvalue weighted by atomic mass is 10.1. The van der Waals surface area contributed by atoms with Gasteiger partial charge in [-0.05, 0) is 25.8 Å². The molecule has 0 aliphatic heterocycles. The molecule has 0 heterocycles. The van der Waals surface area contributed by atoms with Gasteiger partial charge in [0.2, 0.25) is 5.91 Å². The van der Waals surface area contributed by atoms with Crippen LogP contribution in [-0.4, -0.2) is 43.5 Å². The minimum absolute atomic E-state index is 0. The van der Waals surface area contributed by atoms with Gasteiger partial charge in [0.25, 0.3) is 0 Å². The van der Waals surface area contributed by atoms with E-state index in [0.717, 1.165) is 0 Å². The summed E-state index contributed by atoms with van der Waals surface area (Å²) in [5, 5.41) is 2.76. The molecule has 0 aromatic heterocycles. The molecule has 0 radical (unpaired) electrons. The lowest BCUT2D eigenvalue weighted by molar-refractivity contribution is -0.122. The molecular formula is C11H22ClN3O. The quantitative estimate of drug-likeness (QED) is 0.640. The van der Waals surface area contributed by atoms with Crippen LogP contribution in [0.5, 0.6) is 0 Å². The van der Waals surface area contributed by atoms with Crippen molar-refractivity contribution in [1.29, 1.82) is 0 Å². The second-order valence-electron chi connectivity index (χ2n) is 4.15. The molecule has 1 aliphatic rings. The summed E-state index contributed by atoms with van der Waals surface area (Å²) >= 11 is 0. The van der Waals surface area contributed by atoms with Crippen molar-refractivity contribution in [3.8, 4) is 0 Å². The number of likely N-dealkylation sites (N-methyl/N-ethyl adjacent to an activating group) is 1. The first-order valence-electron chi connectivity index (χ1n) is 5.47. The maximum absolute atomic E-state index is 11.4. The zero-order valence-corrected chi connectivity index (χ0v) is 10.6. The highest BCUT2D eigenvalue weighted by Gasteiger charge is 2.33. The van der Waals surface area contributed by atoms with E-state index in [1.807, 2.05) is 7.05 Å². The SMILES string of the molecule is C=CCNC(=O)CN(C)C(CN)C1CC1.Cl. The maximum Gasteiger partial charge on any atom is 0.234 e. The van der Waals surface area contributed by atoms with Gasteiger partial charge >= 0.3 is 0 Å². The molecule has 94 valence electrons. The lowest BCUT2D eigenvalue weighted by Gasteiger charge is -2.26. The third kappa shape index (κ3) is 4.96. The Morgan fingerprint density at radius 3 is 2.75 bits per heavy atom. The number of carbonyl (C=O) groups is 1. The van der Waals surface area contributed by atoms with Gasteiger partial charge < -0.3 is 11.1 Å². The molecule has 1 rings (SSSR count). The molecule has 0 spiro atoms. The molecule has 16 heavy (non-hydrogen) atoms. The van der Waals surface area contributed by atoms with Crippen molar-refractivity contribution in [3.05, 3.63) is 12.7 Å². The molecule has 0 aromatic rings. The van der Waals surface area contributed by atoms with E-state index in [-0.39, 0.29) is 18.3 Å². The fraction of sp³-hybridized carbons (Fsp3) is 0.727. The Morgan fingerprint density at radius 2 is 2.31 bits per heavy atom. The van der Waals surface area contributed by atoms with Crippen molar-refractivity contribution in [2.75, 3.05) is 26.7 Å². The molecule has 1 amide bonds. The summed E-state index contributed by atoms with van der Waals surface area (Å²) < 4.78 is 0. The number of amides is 1. The van der Waals surface area contributed by atoms with E-state index in [0.29, 0.717) is 31.6 Å². The van der Waals surface area contributed by atoms with E-state index in [4.69, 9.17) is 5.73 Å². The first-order valence-corrected chi connectivity index (χ1v) is 5.47. The number of hydrogen-bond acceptors (Lipinski definition) is 3. The van der Waals surface area contributed by atoms with Gasteiger partial charge in [-0.2, -0.15) is 0 Å². The second-order valence-corrected chi connectivity index (χ2v) is 4.15. The van der Waals surface area contributed by atoms with Crippen LogP contribution in [-0.2, 0) is 4.79 Å². The predicted molar refractivity (Wildman–Crippen MR) is 68.7 cm³/mol. The predicted octanol–water partition coefficient (Wildman–Crippen LogP) is 0.379. The van der Waals surface area contributed by atoms with Gasteiger partial charge in [-0.25, -0.2) is 0 Å². The van der Waals surface area contributed by atoms with E-state index in [1.165, 1.54) is 12.8 Å². The number of nitrogens with one attached hydrogen (secondary N) is 1. The van der Waals surface area contributed by atoms with Crippen LogP contribution in [0.4, 0.5) is 0 Å². The number of nitrogens with zero attached hydrogens (tertiary/aromatic N) is 1. The summed E-state index contributed by atoms with van der Waals surface area (Å²) in [4.78, 5) is 13.5. The van der Waals surface area contributed by atoms with E-state index in [2.05, 4.69) is 16.8 Å². The van der Waals surface area contributed by atoms with Crippen LogP contribution in [0.15, 0.2) is 12.7 Å². The zero-order valence-electron chi connectivity index (χ0n) is 9.82. The smallest absolute Gasteiger partial charge is 0.234 e. The van der Waals surface area contributed by atoms with E-state index in [1.54, 1.807) is 6.08 Å². The van der Waals surface area contributed by atoms with Crippen LogP contribution in [0.2, 0.25) is 0 Å². The van der Waals surface area contributed by atoms with Crippen molar-refractivity contribution >= 4 is 18.3 Å². The van der Waals surface area contributed by atoms with Gasteiger partial charge in [-0.3, -0.25) is 9.69 Å². The largest absolute Gasteiger partial charge is 0.352 e. The molecule has 1 unspecified atom stereocenters. The minimum atomic E-state index is 0. The first kappa shape index (κ1) is 15.4. The zero-order chi connectivity index (χ0) is 11.3. The molecule has 5 heteroatoms. The molecule has 1 fully saturated rings. The van der Waals surface area contributed by atoms with Crippen LogP contribution in [0, 0.1) is 5.92 Å². The Hall–Kier alpha value is -0.580. The second kappa shape index (κ2) is 7.65. The standard InChI is InChI=1S/C11H21N3O.ClH/c1-3-6-13-11(15)8-14(2)10(7-12)9-4-5-9;/h3,9-10H,1,4-8,12H2,2H3,(H,13,15);1H. The number of carbonyl (C=O) groups excluding carboxylic acids is 1. The molecule has 0 bridgehead atoms. The summed E-state index contributed by atoms with van der Waals surface area (Å²) in [6.07, 6.45) is 4.18. The van der Waals surface area contributed by atoms with E-state index < -0.39 is 0 Å². The molecule has 1 aliphatic carbocycles. The summed E-state index contributed by atoms with van der Waals surface area (Å²) in [6, 6.07) is 0.361. The highest BCUT2D eigenvalue weighted by atomic mass is 35.5. The third-order valence-corrected chi connectivity index (χ3v) is 2.81. The van der Waals surface area contributed by atoms with Crippen LogP contribution >= 0.6 is 12.4 Å². The van der Waals surface area contributed by atoms with E-state index >= 15 is 0 Å². The molecule has 4 nitrogen and oxygen atoms in total. The summed E-state index contributed by atoms with van der Waals surface area (Å²) in [5.74, 6) is 0.740. The fourth-order valence-corrected chi connectivity index (χ4v) is 1.80. The first-order chi connectivity index (χ1) is 7.19. The Kier molecular flexibility index (Phi) is 7.38. The van der Waals surface area contributed by atoms with Crippen molar-refractivity contribution < 1.29 is 4.79 Å². The van der Waals surface area contributed by atoms with Crippen LogP contribution < -0.4 is 11.1 Å². The van der Waals surface area contributed by atoms with Crippen molar-refractivity contribution in [2.45, 2.75) is 18.9 Å². The highest BCUT2D eigenvalue weighted by Crippen LogP contribution is 2.34. The maximum atomic E-state index is 11.4. The molecular weight excluding hydrogens is 226 g/mol. The summed E-state index contributed by atoms with van der Waals surface area (Å²) in [7, 11) is 1.96. The van der Waals surface area contributed by atoms with Gasteiger partial charge in [0.1, 0.15) is 0 Å². The topological polar surface area (TPSA) is 58.4 Å². The Bertz CT molecular complexity index is 231. The lowest BCUT2D eigenvalue weighted by Crippen LogP contribution is -2.45. The average Bonchev–Trinajstić information content (AvgIpc) is 3.00. The Morgan fingerprint density at radius 1 is 1.69 bits per heavy atom. The monoisotopic (exact) mass is 247 g/mol. The van der Waals surface area contributed by atoms with Crippen LogP contribution in [0.1, 0.15) is 12.8 Å². The number of halogens is 1. The normalized spacial score (nSPS) is 16.4. The van der Waals surface area contributed by atoms with Gasteiger partial charge in [0.15, 0.2) is 0 Å². The fourth-order valence-electron chi connectivity index (χ4n) is 1.80. The van der Waals surface area contributed by atoms with Crippen LogP contribution in [0.25, 0.3) is 0 Å². The van der Waals surface area contributed by atoms with Crippen molar-refractivity contribution in [2.24, 2.45) is 11.7 Å². The Balaban J connectivity index is 0.00000225. The summed E-state index contributed by atoms with van der Waals surface area (Å²) in [6.45, 7) is 5.14. The molecule has 0 saturated heterocycles. The number of nitrogens with two attached hydrogens (primary N) is 1. The number of rotatable bonds is 7. The minimum Gasteiger partial charge on any atom is -0.352 e. The molecule has 3 N–H and O–H groups in total. The van der Waals surface area contributed by atoms with Crippen molar-refractivity contribution in [1.82, 2.24) is 10.2 Å². The molecule has 1 saturated carbocycles. The van der Waals surface area contributed by atoms with Gasteiger partial charge in [-0.1, -0.05) is 6.08 Å². The van der Waals surface area contributed by atoms with E-state index in [9.17, 15) is 4.79 Å². The summed E-state index contributed by atoms with van der Waals surface area (Å²) in [5.41, 5.74) is 5.70. The molecule has 0 aromatic carbocycles. The van der Waals surface area contributed by atoms with Crippen molar-refractivity contribution in [3.63, 3.8) is 0 Å².